The number of methoxy groups -OCH3 is 1. The summed E-state index contributed by atoms with van der Waals surface area (Å²) in [5, 5.41) is 7.59. The number of hydrogen-bond donors (Lipinski definition) is 1. The number of ether oxygens (including phenoxy) is 1. The molecule has 0 bridgehead atoms. The third kappa shape index (κ3) is 4.23. The van der Waals surface area contributed by atoms with Gasteiger partial charge in [0, 0.05) is 32.7 Å². The summed E-state index contributed by atoms with van der Waals surface area (Å²) in [4.78, 5) is 6.42. The minimum absolute atomic E-state index is 0.743. The lowest BCUT2D eigenvalue weighted by atomic mass is 10.2. The van der Waals surface area contributed by atoms with Crippen molar-refractivity contribution in [2.75, 3.05) is 21.2 Å². The second kappa shape index (κ2) is 7.69. The summed E-state index contributed by atoms with van der Waals surface area (Å²) in [5.74, 6) is 1.77. The lowest BCUT2D eigenvalue weighted by Gasteiger charge is -2.23. The molecule has 112 valence electrons. The first-order chi connectivity index (χ1) is 10.2. The van der Waals surface area contributed by atoms with Crippen LogP contribution in [0.1, 0.15) is 11.1 Å². The van der Waals surface area contributed by atoms with Gasteiger partial charge in [-0.3, -0.25) is 4.99 Å². The average Bonchev–Trinajstić information content (AvgIpc) is 3.02. The zero-order valence-corrected chi connectivity index (χ0v) is 13.5. The van der Waals surface area contributed by atoms with Crippen LogP contribution in [0, 0.1) is 0 Å². The first-order valence-electron chi connectivity index (χ1n) is 6.79. The van der Waals surface area contributed by atoms with Gasteiger partial charge >= 0.3 is 0 Å². The van der Waals surface area contributed by atoms with E-state index in [4.69, 9.17) is 4.74 Å². The Morgan fingerprint density at radius 1 is 1.33 bits per heavy atom. The van der Waals surface area contributed by atoms with E-state index in [1.54, 1.807) is 25.5 Å². The number of para-hydroxylation sites is 1. The molecule has 0 saturated carbocycles. The largest absolute Gasteiger partial charge is 0.496 e. The van der Waals surface area contributed by atoms with Crippen molar-refractivity contribution in [2.45, 2.75) is 13.1 Å². The highest BCUT2D eigenvalue weighted by molar-refractivity contribution is 7.07. The Morgan fingerprint density at radius 3 is 2.81 bits per heavy atom. The van der Waals surface area contributed by atoms with E-state index in [9.17, 15) is 0 Å². The molecule has 0 saturated heterocycles. The molecule has 0 fully saturated rings. The van der Waals surface area contributed by atoms with Crippen molar-refractivity contribution in [3.63, 3.8) is 0 Å². The summed E-state index contributed by atoms with van der Waals surface area (Å²) in [6, 6.07) is 10.2. The van der Waals surface area contributed by atoms with Crippen molar-refractivity contribution in [2.24, 2.45) is 4.99 Å². The van der Waals surface area contributed by atoms with Gasteiger partial charge in [-0.05, 0) is 28.5 Å². The fraction of sp³-hybridized carbons (Fsp3) is 0.312. The van der Waals surface area contributed by atoms with Gasteiger partial charge in [0.2, 0.25) is 0 Å². The molecule has 2 rings (SSSR count). The molecule has 21 heavy (non-hydrogen) atoms. The molecule has 0 aliphatic carbocycles. The Kier molecular flexibility index (Phi) is 5.63. The van der Waals surface area contributed by atoms with Gasteiger partial charge in [-0.15, -0.1) is 0 Å². The zero-order valence-electron chi connectivity index (χ0n) is 12.7. The first-order valence-corrected chi connectivity index (χ1v) is 7.73. The van der Waals surface area contributed by atoms with Crippen LogP contribution < -0.4 is 10.1 Å². The summed E-state index contributed by atoms with van der Waals surface area (Å²) in [5.41, 5.74) is 2.41. The lowest BCUT2D eigenvalue weighted by molar-refractivity contribution is 0.396. The van der Waals surface area contributed by atoms with E-state index in [1.165, 1.54) is 5.56 Å². The molecule has 0 unspecified atom stereocenters. The Balaban J connectivity index is 1.98. The molecule has 0 aliphatic heterocycles. The van der Waals surface area contributed by atoms with Gasteiger partial charge in [0.05, 0.1) is 7.11 Å². The Hall–Kier alpha value is -2.01. The van der Waals surface area contributed by atoms with Crippen LogP contribution in [0.5, 0.6) is 5.75 Å². The number of benzene rings is 1. The molecular weight excluding hydrogens is 282 g/mol. The predicted octanol–water partition coefficient (Wildman–Crippen LogP) is 2.96. The summed E-state index contributed by atoms with van der Waals surface area (Å²) >= 11 is 1.70. The first kappa shape index (κ1) is 15.4. The number of aliphatic imine (C=N–C) groups is 1. The summed E-state index contributed by atoms with van der Waals surface area (Å²) in [7, 11) is 5.52. The number of thiophene rings is 1. The number of hydrogen-bond acceptors (Lipinski definition) is 3. The average molecular weight is 303 g/mol. The maximum absolute atomic E-state index is 5.39. The van der Waals surface area contributed by atoms with E-state index in [2.05, 4.69) is 38.1 Å². The van der Waals surface area contributed by atoms with E-state index in [1.807, 2.05) is 25.2 Å². The van der Waals surface area contributed by atoms with Gasteiger partial charge in [-0.2, -0.15) is 11.3 Å². The number of nitrogens with one attached hydrogen (secondary N) is 1. The molecule has 2 aromatic rings. The lowest BCUT2D eigenvalue weighted by Crippen LogP contribution is -2.38. The molecule has 1 aromatic carbocycles. The fourth-order valence-electron chi connectivity index (χ4n) is 2.12. The van der Waals surface area contributed by atoms with Gasteiger partial charge < -0.3 is 15.0 Å². The maximum Gasteiger partial charge on any atom is 0.193 e. The molecule has 1 N–H and O–H groups in total. The number of rotatable bonds is 5. The van der Waals surface area contributed by atoms with Gasteiger partial charge in [0.1, 0.15) is 5.75 Å². The van der Waals surface area contributed by atoms with Crippen molar-refractivity contribution in [1.29, 1.82) is 0 Å². The molecule has 0 radical (unpaired) electrons. The molecular formula is C16H21N3OS. The van der Waals surface area contributed by atoms with Crippen LogP contribution in [-0.2, 0) is 13.1 Å². The minimum atomic E-state index is 0.743. The Bertz CT molecular complexity index is 581. The minimum Gasteiger partial charge on any atom is -0.496 e. The second-order valence-corrected chi connectivity index (χ2v) is 5.48. The number of nitrogens with zero attached hydrogens (tertiary/aromatic N) is 2. The summed E-state index contributed by atoms with van der Waals surface area (Å²) in [6.45, 7) is 1.53. The highest BCUT2D eigenvalue weighted by Gasteiger charge is 2.09. The van der Waals surface area contributed by atoms with Crippen molar-refractivity contribution >= 4 is 17.3 Å². The quantitative estimate of drug-likeness (QED) is 0.681. The standard InChI is InChI=1S/C16H21N3OS/c1-17-16(18-10-13-8-9-21-12-13)19(2)11-14-6-4-5-7-15(14)20-3/h4-9,12H,10-11H2,1-3H3,(H,17,18). The van der Waals surface area contributed by atoms with Crippen LogP contribution in [-0.4, -0.2) is 32.1 Å². The van der Waals surface area contributed by atoms with E-state index in [-0.39, 0.29) is 0 Å². The van der Waals surface area contributed by atoms with Crippen molar-refractivity contribution < 1.29 is 4.74 Å². The molecule has 0 atom stereocenters. The molecule has 1 heterocycles. The Labute approximate surface area is 130 Å². The topological polar surface area (TPSA) is 36.9 Å². The second-order valence-electron chi connectivity index (χ2n) is 4.70. The van der Waals surface area contributed by atoms with Crippen LogP contribution >= 0.6 is 11.3 Å². The van der Waals surface area contributed by atoms with Crippen molar-refractivity contribution in [3.8, 4) is 5.75 Å². The van der Waals surface area contributed by atoms with Crippen LogP contribution in [0.15, 0.2) is 46.1 Å². The van der Waals surface area contributed by atoms with Crippen molar-refractivity contribution in [1.82, 2.24) is 10.2 Å². The highest BCUT2D eigenvalue weighted by atomic mass is 32.1. The normalized spacial score (nSPS) is 11.3. The predicted molar refractivity (Wildman–Crippen MR) is 89.0 cm³/mol. The van der Waals surface area contributed by atoms with Crippen LogP contribution in [0.25, 0.3) is 0 Å². The smallest absolute Gasteiger partial charge is 0.193 e. The van der Waals surface area contributed by atoms with Crippen LogP contribution in [0.3, 0.4) is 0 Å². The number of guanidine groups is 1. The zero-order chi connectivity index (χ0) is 15.1. The molecule has 1 aromatic heterocycles. The monoisotopic (exact) mass is 303 g/mol. The molecule has 5 heteroatoms. The van der Waals surface area contributed by atoms with Gasteiger partial charge in [-0.25, -0.2) is 0 Å². The van der Waals surface area contributed by atoms with Gasteiger partial charge in [0.15, 0.2) is 5.96 Å². The highest BCUT2D eigenvalue weighted by Crippen LogP contribution is 2.18. The summed E-state index contributed by atoms with van der Waals surface area (Å²) < 4.78 is 5.39. The Morgan fingerprint density at radius 2 is 2.14 bits per heavy atom. The molecule has 0 spiro atoms. The van der Waals surface area contributed by atoms with Gasteiger partial charge in [-0.1, -0.05) is 18.2 Å². The molecule has 4 nitrogen and oxygen atoms in total. The van der Waals surface area contributed by atoms with Crippen LogP contribution in [0.2, 0.25) is 0 Å². The summed E-state index contributed by atoms with van der Waals surface area (Å²) in [6.07, 6.45) is 0. The van der Waals surface area contributed by atoms with Crippen LogP contribution in [0.4, 0.5) is 0 Å². The van der Waals surface area contributed by atoms with Gasteiger partial charge in [0.25, 0.3) is 0 Å². The van der Waals surface area contributed by atoms with Crippen molar-refractivity contribution in [3.05, 3.63) is 52.2 Å². The van der Waals surface area contributed by atoms with E-state index >= 15 is 0 Å². The van der Waals surface area contributed by atoms with E-state index in [0.717, 1.165) is 30.4 Å². The molecule has 0 amide bonds. The SMILES string of the molecule is CN=C(NCc1ccsc1)N(C)Cc1ccccc1OC. The fourth-order valence-corrected chi connectivity index (χ4v) is 2.79. The van der Waals surface area contributed by atoms with E-state index in [0.29, 0.717) is 0 Å². The van der Waals surface area contributed by atoms with E-state index < -0.39 is 0 Å². The maximum atomic E-state index is 5.39. The third-order valence-electron chi connectivity index (χ3n) is 3.20. The molecule has 0 aliphatic rings. The third-order valence-corrected chi connectivity index (χ3v) is 3.94.